The van der Waals surface area contributed by atoms with Crippen molar-refractivity contribution >= 4 is 0 Å². The van der Waals surface area contributed by atoms with Crippen LogP contribution in [0.3, 0.4) is 0 Å². The Bertz CT molecular complexity index is 213. The molecule has 0 spiro atoms. The first-order chi connectivity index (χ1) is 20.0. The maximum absolute atomic E-state index is 1.50. The molecule has 0 aromatic rings. The molecule has 0 heteroatoms. The molecule has 0 radical (unpaired) electrons. The minimum absolute atomic E-state index is 1.50. The lowest BCUT2D eigenvalue weighted by Crippen LogP contribution is -1.85. The Morgan fingerprint density at radius 3 is 0.100 bits per heavy atom. The predicted molar refractivity (Wildman–Crippen MR) is 185 cm³/mol. The van der Waals surface area contributed by atoms with Gasteiger partial charge in [0.1, 0.15) is 0 Å². The highest BCUT2D eigenvalue weighted by atomic mass is 14.0. The van der Waals surface area contributed by atoms with Gasteiger partial charge < -0.3 is 0 Å². The third kappa shape index (κ3) is 32.5. The second-order valence-corrected chi connectivity index (χ2v) is 14.1. The topological polar surface area (TPSA) is 0 Å². The summed E-state index contributed by atoms with van der Waals surface area (Å²) in [6, 6.07) is 0. The number of hydrogen-bond acceptors (Lipinski definition) is 0. The van der Waals surface area contributed by atoms with E-state index in [0.717, 1.165) is 0 Å². The quantitative estimate of drug-likeness (QED) is 0.276. The van der Waals surface area contributed by atoms with Crippen LogP contribution >= 0.6 is 0 Å². The van der Waals surface area contributed by atoms with Gasteiger partial charge in [-0.2, -0.15) is 0 Å². The Kier molecular flexibility index (Phi) is 33.5. The molecule has 0 bridgehead atoms. The fourth-order valence-electron chi connectivity index (χ4n) is 7.07. The second kappa shape index (κ2) is 35.2. The van der Waals surface area contributed by atoms with Crippen LogP contribution in [-0.2, 0) is 0 Å². The van der Waals surface area contributed by atoms with Crippen molar-refractivity contribution in [3.05, 3.63) is 0 Å². The van der Waals surface area contributed by atoms with Gasteiger partial charge in [-0.05, 0) is 0 Å². The van der Waals surface area contributed by atoms with Crippen molar-refractivity contribution in [2.45, 2.75) is 257 Å². The van der Waals surface area contributed by atoms with Gasteiger partial charge in [0, 0.05) is 0 Å². The van der Waals surface area contributed by atoms with Gasteiger partial charge in [0.05, 0.1) is 0 Å². The summed E-state index contributed by atoms with van der Waals surface area (Å²) in [4.78, 5) is 0. The summed E-state index contributed by atoms with van der Waals surface area (Å²) in [5.41, 5.74) is 0. The third-order valence-electron chi connectivity index (χ3n) is 10.00. The van der Waals surface area contributed by atoms with Crippen LogP contribution in [0.5, 0.6) is 0 Å². The fraction of sp³-hybridized carbons (Fsp3) is 1.00. The Hall–Kier alpha value is 0. The first kappa shape index (κ1) is 38.0. The van der Waals surface area contributed by atoms with E-state index in [9.17, 15) is 0 Å². The molecular formula is C40H80. The molecule has 0 N–H and O–H groups in total. The molecule has 0 heterocycles. The Morgan fingerprint density at radius 2 is 0.0750 bits per heavy atom. The molecule has 0 aromatic carbocycles. The Morgan fingerprint density at radius 1 is 0.0500 bits per heavy atom. The Balaban J connectivity index is 0.000000250. The van der Waals surface area contributed by atoms with E-state index in [4.69, 9.17) is 0 Å². The van der Waals surface area contributed by atoms with E-state index in [2.05, 4.69) is 0 Å². The molecule has 0 aliphatic heterocycles. The van der Waals surface area contributed by atoms with Gasteiger partial charge in [0.15, 0.2) is 0 Å². The van der Waals surface area contributed by atoms with Crippen molar-refractivity contribution in [3.8, 4) is 0 Å². The lowest BCUT2D eigenvalue weighted by molar-refractivity contribution is 0.504. The first-order valence-electron chi connectivity index (χ1n) is 20.0. The van der Waals surface area contributed by atoms with Crippen LogP contribution in [0.2, 0.25) is 0 Å². The summed E-state index contributed by atoms with van der Waals surface area (Å²) in [6.45, 7) is 0. The molecule has 5 fully saturated rings. The van der Waals surface area contributed by atoms with Crippen LogP contribution in [-0.4, -0.2) is 0 Å². The van der Waals surface area contributed by atoms with Gasteiger partial charge >= 0.3 is 0 Å². The molecule has 5 aliphatic rings. The van der Waals surface area contributed by atoms with Crippen molar-refractivity contribution in [3.63, 3.8) is 0 Å². The average molecular weight is 561 g/mol. The molecule has 0 unspecified atom stereocenters. The third-order valence-corrected chi connectivity index (χ3v) is 10.00. The van der Waals surface area contributed by atoms with Crippen LogP contribution in [0.15, 0.2) is 0 Å². The molecule has 5 saturated carbocycles. The van der Waals surface area contributed by atoms with Gasteiger partial charge in [0.25, 0.3) is 0 Å². The van der Waals surface area contributed by atoms with Crippen LogP contribution in [0.25, 0.3) is 0 Å². The highest BCUT2D eigenvalue weighted by Crippen LogP contribution is 2.18. The zero-order chi connectivity index (χ0) is 28.3. The molecule has 0 atom stereocenters. The van der Waals surface area contributed by atoms with Gasteiger partial charge in [0.2, 0.25) is 0 Å². The largest absolute Gasteiger partial charge is 0.0533 e. The minimum atomic E-state index is 1.50. The summed E-state index contributed by atoms with van der Waals surface area (Å²) < 4.78 is 0. The molecule has 0 nitrogen and oxygen atoms in total. The summed E-state index contributed by atoms with van der Waals surface area (Å²) in [6.07, 6.45) is 60.0. The van der Waals surface area contributed by atoms with E-state index in [1.165, 1.54) is 257 Å². The lowest BCUT2D eigenvalue weighted by atomic mass is 10.0. The predicted octanol–water partition coefficient (Wildman–Crippen LogP) is 15.6. The van der Waals surface area contributed by atoms with E-state index >= 15 is 0 Å². The van der Waals surface area contributed by atoms with Gasteiger partial charge in [-0.25, -0.2) is 0 Å². The molecule has 5 aliphatic carbocycles. The van der Waals surface area contributed by atoms with E-state index in [1.807, 2.05) is 0 Å². The number of hydrogen-bond donors (Lipinski definition) is 0. The Labute approximate surface area is 256 Å². The molecule has 0 aromatic heterocycles. The minimum Gasteiger partial charge on any atom is -0.0533 e. The molecule has 0 saturated heterocycles. The van der Waals surface area contributed by atoms with Gasteiger partial charge in [-0.15, -0.1) is 0 Å². The van der Waals surface area contributed by atoms with Crippen molar-refractivity contribution in [2.75, 3.05) is 0 Å². The first-order valence-corrected chi connectivity index (χ1v) is 20.0. The van der Waals surface area contributed by atoms with Crippen LogP contribution in [0.4, 0.5) is 0 Å². The standard InChI is InChI=1S/5C8H16/c5*1-2-4-6-8-7-5-3-1/h5*1-8H2. The zero-order valence-corrected chi connectivity index (χ0v) is 28.3. The molecule has 240 valence electrons. The van der Waals surface area contributed by atoms with Crippen LogP contribution in [0.1, 0.15) is 257 Å². The van der Waals surface area contributed by atoms with Crippen LogP contribution in [0, 0.1) is 0 Å². The normalized spacial score (nSPS) is 24.0. The van der Waals surface area contributed by atoms with Crippen molar-refractivity contribution in [2.24, 2.45) is 0 Å². The van der Waals surface area contributed by atoms with E-state index in [-0.39, 0.29) is 0 Å². The SMILES string of the molecule is C1CCCCCCC1.C1CCCCCCC1.C1CCCCCCC1.C1CCCCCCC1.C1CCCCCCC1. The average Bonchev–Trinajstić information content (AvgIpc) is 2.84. The zero-order valence-electron chi connectivity index (χ0n) is 28.3. The lowest BCUT2D eigenvalue weighted by Gasteiger charge is -2.05. The van der Waals surface area contributed by atoms with Crippen molar-refractivity contribution in [1.82, 2.24) is 0 Å². The molecule has 40 heavy (non-hydrogen) atoms. The maximum Gasteiger partial charge on any atom is -0.0533 e. The van der Waals surface area contributed by atoms with Crippen LogP contribution < -0.4 is 0 Å². The van der Waals surface area contributed by atoms with Crippen molar-refractivity contribution in [1.29, 1.82) is 0 Å². The van der Waals surface area contributed by atoms with Crippen molar-refractivity contribution < 1.29 is 0 Å². The van der Waals surface area contributed by atoms with E-state index < -0.39 is 0 Å². The summed E-state index contributed by atoms with van der Waals surface area (Å²) in [5.74, 6) is 0. The van der Waals surface area contributed by atoms with Gasteiger partial charge in [-0.3, -0.25) is 0 Å². The molecular weight excluding hydrogens is 480 g/mol. The summed E-state index contributed by atoms with van der Waals surface area (Å²) in [5, 5.41) is 0. The molecule has 0 amide bonds. The maximum atomic E-state index is 1.50. The number of rotatable bonds is 0. The summed E-state index contributed by atoms with van der Waals surface area (Å²) >= 11 is 0. The monoisotopic (exact) mass is 561 g/mol. The highest BCUT2D eigenvalue weighted by molar-refractivity contribution is 4.54. The van der Waals surface area contributed by atoms with E-state index in [0.29, 0.717) is 0 Å². The highest BCUT2D eigenvalue weighted by Gasteiger charge is 1.98. The van der Waals surface area contributed by atoms with Gasteiger partial charge in [-0.1, -0.05) is 257 Å². The fourth-order valence-corrected chi connectivity index (χ4v) is 7.07. The summed E-state index contributed by atoms with van der Waals surface area (Å²) in [7, 11) is 0. The second-order valence-electron chi connectivity index (χ2n) is 14.1. The smallest absolute Gasteiger partial charge is 0.0533 e. The van der Waals surface area contributed by atoms with E-state index in [1.54, 1.807) is 0 Å². The molecule has 5 rings (SSSR count).